The average molecular weight is 389 g/mol. The maximum Gasteiger partial charge on any atom is 0.291 e. The molecule has 3 aromatic heterocycles. The summed E-state index contributed by atoms with van der Waals surface area (Å²) in [7, 11) is 0. The van der Waals surface area contributed by atoms with Gasteiger partial charge >= 0.3 is 0 Å². The zero-order valence-electron chi connectivity index (χ0n) is 14.4. The number of rotatable bonds is 3. The summed E-state index contributed by atoms with van der Waals surface area (Å²) in [6.45, 7) is 0. The van der Waals surface area contributed by atoms with Crippen LogP contribution in [0.4, 0.5) is 4.39 Å². The van der Waals surface area contributed by atoms with Crippen molar-refractivity contribution in [2.45, 2.75) is 0 Å². The highest BCUT2D eigenvalue weighted by Gasteiger charge is 2.12. The molecule has 5 aromatic rings. The molecular weight excluding hydrogens is 377 g/mol. The molecule has 0 bridgehead atoms. The minimum Gasteiger partial charge on any atom is -0.457 e. The number of aromatic nitrogens is 3. The standard InChI is InChI=1S/C21H12FN3O2S/c22-15-8-6-13(7-9-15)17-11-10-16(27-17)12-18-20(26)25-21(28-18)23-19(24-25)14-4-2-1-3-5-14/h1-12H. The van der Waals surface area contributed by atoms with E-state index >= 15 is 0 Å². The molecule has 7 heteroatoms. The minimum absolute atomic E-state index is 0.241. The largest absolute Gasteiger partial charge is 0.457 e. The van der Waals surface area contributed by atoms with Crippen LogP contribution in [0, 0.1) is 5.82 Å². The summed E-state index contributed by atoms with van der Waals surface area (Å²) in [5.41, 5.74) is 1.38. The van der Waals surface area contributed by atoms with E-state index < -0.39 is 0 Å². The van der Waals surface area contributed by atoms with Gasteiger partial charge in [0, 0.05) is 17.2 Å². The van der Waals surface area contributed by atoms with Crippen molar-refractivity contribution in [2.75, 3.05) is 0 Å². The molecule has 28 heavy (non-hydrogen) atoms. The molecule has 0 saturated carbocycles. The van der Waals surface area contributed by atoms with Crippen LogP contribution in [-0.2, 0) is 0 Å². The van der Waals surface area contributed by atoms with Gasteiger partial charge in [0.05, 0.1) is 0 Å². The van der Waals surface area contributed by atoms with Crippen LogP contribution in [0.25, 0.3) is 33.7 Å². The fraction of sp³-hybridized carbons (Fsp3) is 0. The van der Waals surface area contributed by atoms with E-state index in [1.54, 1.807) is 30.3 Å². The molecule has 0 radical (unpaired) electrons. The Morgan fingerprint density at radius 2 is 1.75 bits per heavy atom. The van der Waals surface area contributed by atoms with Crippen LogP contribution in [0.15, 0.2) is 75.9 Å². The van der Waals surface area contributed by atoms with Crippen LogP contribution in [0.1, 0.15) is 5.76 Å². The Hall–Kier alpha value is -3.58. The van der Waals surface area contributed by atoms with Crippen LogP contribution in [-0.4, -0.2) is 14.6 Å². The van der Waals surface area contributed by atoms with E-state index in [4.69, 9.17) is 4.42 Å². The van der Waals surface area contributed by atoms with Crippen LogP contribution in [0.3, 0.4) is 0 Å². The highest BCUT2D eigenvalue weighted by Crippen LogP contribution is 2.23. The average Bonchev–Trinajstić information content (AvgIpc) is 3.41. The molecule has 0 spiro atoms. The summed E-state index contributed by atoms with van der Waals surface area (Å²) in [6, 6.07) is 19.1. The molecule has 0 atom stereocenters. The van der Waals surface area contributed by atoms with Gasteiger partial charge in [-0.1, -0.05) is 41.7 Å². The van der Waals surface area contributed by atoms with Crippen molar-refractivity contribution >= 4 is 22.4 Å². The number of halogens is 1. The van der Waals surface area contributed by atoms with E-state index in [0.29, 0.717) is 26.8 Å². The van der Waals surface area contributed by atoms with Gasteiger partial charge in [0.25, 0.3) is 5.56 Å². The summed E-state index contributed by atoms with van der Waals surface area (Å²) in [5, 5.41) is 4.32. The van der Waals surface area contributed by atoms with Crippen LogP contribution >= 0.6 is 11.3 Å². The second-order valence-corrected chi connectivity index (χ2v) is 7.13. The first-order chi connectivity index (χ1) is 13.7. The third-order valence-electron chi connectivity index (χ3n) is 4.24. The van der Waals surface area contributed by atoms with Crippen LogP contribution in [0.5, 0.6) is 0 Å². The number of thiazole rings is 1. The zero-order chi connectivity index (χ0) is 19.1. The molecule has 0 aliphatic heterocycles. The van der Waals surface area contributed by atoms with Crippen molar-refractivity contribution in [3.8, 4) is 22.7 Å². The SMILES string of the molecule is O=c1c(=Cc2ccc(-c3ccc(F)cc3)o2)sc2nc(-c3ccccc3)nn12. The number of hydrogen-bond donors (Lipinski definition) is 0. The zero-order valence-corrected chi connectivity index (χ0v) is 15.2. The van der Waals surface area contributed by atoms with E-state index in [2.05, 4.69) is 10.1 Å². The van der Waals surface area contributed by atoms with E-state index in [1.807, 2.05) is 30.3 Å². The number of hydrogen-bond acceptors (Lipinski definition) is 5. The van der Waals surface area contributed by atoms with Gasteiger partial charge in [-0.2, -0.15) is 9.50 Å². The summed E-state index contributed by atoms with van der Waals surface area (Å²) < 4.78 is 20.6. The molecule has 0 saturated heterocycles. The van der Waals surface area contributed by atoms with E-state index in [1.165, 1.54) is 28.0 Å². The molecular formula is C21H12FN3O2S. The predicted octanol–water partition coefficient (Wildman–Crippen LogP) is 3.76. The van der Waals surface area contributed by atoms with Gasteiger partial charge < -0.3 is 4.42 Å². The molecule has 0 fully saturated rings. The maximum atomic E-state index is 13.1. The Morgan fingerprint density at radius 3 is 2.50 bits per heavy atom. The monoisotopic (exact) mass is 389 g/mol. The molecule has 0 aliphatic carbocycles. The van der Waals surface area contributed by atoms with Crippen molar-refractivity contribution in [3.63, 3.8) is 0 Å². The fourth-order valence-electron chi connectivity index (χ4n) is 2.87. The van der Waals surface area contributed by atoms with Gasteiger partial charge in [-0.3, -0.25) is 4.79 Å². The van der Waals surface area contributed by atoms with E-state index in [0.717, 1.165) is 11.1 Å². The number of nitrogens with zero attached hydrogens (tertiary/aromatic N) is 3. The molecule has 136 valence electrons. The van der Waals surface area contributed by atoms with Crippen LogP contribution < -0.4 is 10.1 Å². The van der Waals surface area contributed by atoms with Gasteiger partial charge in [0.1, 0.15) is 21.9 Å². The first-order valence-electron chi connectivity index (χ1n) is 8.50. The molecule has 0 unspecified atom stereocenters. The topological polar surface area (TPSA) is 60.4 Å². The highest BCUT2D eigenvalue weighted by molar-refractivity contribution is 7.15. The Balaban J connectivity index is 1.52. The number of benzene rings is 2. The predicted molar refractivity (Wildman–Crippen MR) is 105 cm³/mol. The normalized spacial score (nSPS) is 12.1. The van der Waals surface area contributed by atoms with Crippen molar-refractivity contribution in [3.05, 3.63) is 93.2 Å². The second-order valence-electron chi connectivity index (χ2n) is 6.12. The van der Waals surface area contributed by atoms with Gasteiger partial charge in [-0.05, 0) is 36.4 Å². The maximum absolute atomic E-state index is 13.1. The molecule has 2 aromatic carbocycles. The second kappa shape index (κ2) is 6.54. The lowest BCUT2D eigenvalue weighted by Gasteiger charge is -1.95. The van der Waals surface area contributed by atoms with Crippen LogP contribution in [0.2, 0.25) is 0 Å². The van der Waals surface area contributed by atoms with Gasteiger partial charge in [-0.25, -0.2) is 4.39 Å². The lowest BCUT2D eigenvalue weighted by atomic mass is 10.2. The van der Waals surface area contributed by atoms with Crippen molar-refractivity contribution in [1.82, 2.24) is 14.6 Å². The molecule has 0 aliphatic rings. The van der Waals surface area contributed by atoms with Gasteiger partial charge in [-0.15, -0.1) is 5.10 Å². The molecule has 5 rings (SSSR count). The third-order valence-corrected chi connectivity index (χ3v) is 5.20. The Kier molecular flexibility index (Phi) is 3.87. The first kappa shape index (κ1) is 16.6. The summed E-state index contributed by atoms with van der Waals surface area (Å²) in [6.07, 6.45) is 1.67. The van der Waals surface area contributed by atoms with Crippen molar-refractivity contribution in [2.24, 2.45) is 0 Å². The number of fused-ring (bicyclic) bond motifs is 1. The third kappa shape index (κ3) is 2.91. The van der Waals surface area contributed by atoms with Gasteiger partial charge in [0.2, 0.25) is 4.96 Å². The van der Waals surface area contributed by atoms with Crippen molar-refractivity contribution < 1.29 is 8.81 Å². The Bertz CT molecular complexity index is 1390. The Morgan fingerprint density at radius 1 is 0.964 bits per heavy atom. The first-order valence-corrected chi connectivity index (χ1v) is 9.31. The smallest absolute Gasteiger partial charge is 0.291 e. The minimum atomic E-state index is -0.303. The van der Waals surface area contributed by atoms with Crippen molar-refractivity contribution in [1.29, 1.82) is 0 Å². The summed E-state index contributed by atoms with van der Waals surface area (Å²) in [4.78, 5) is 17.6. The summed E-state index contributed by atoms with van der Waals surface area (Å²) in [5.74, 6) is 1.35. The molecule has 0 amide bonds. The quantitative estimate of drug-likeness (QED) is 0.471. The molecule has 0 N–H and O–H groups in total. The summed E-state index contributed by atoms with van der Waals surface area (Å²) >= 11 is 1.25. The Labute approximate surface area is 162 Å². The van der Waals surface area contributed by atoms with Gasteiger partial charge in [0.15, 0.2) is 5.82 Å². The molecule has 5 nitrogen and oxygen atoms in total. The van der Waals surface area contributed by atoms with E-state index in [9.17, 15) is 9.18 Å². The highest BCUT2D eigenvalue weighted by atomic mass is 32.1. The lowest BCUT2D eigenvalue weighted by molar-refractivity contribution is 0.571. The fourth-order valence-corrected chi connectivity index (χ4v) is 3.76. The molecule has 3 heterocycles. The lowest BCUT2D eigenvalue weighted by Crippen LogP contribution is -2.23. The van der Waals surface area contributed by atoms with E-state index in [-0.39, 0.29) is 11.4 Å². The number of furan rings is 1.